The van der Waals surface area contributed by atoms with Crippen LogP contribution >= 0.6 is 0 Å². The van der Waals surface area contributed by atoms with E-state index in [-0.39, 0.29) is 6.04 Å². The second-order valence-corrected chi connectivity index (χ2v) is 6.43. The summed E-state index contributed by atoms with van der Waals surface area (Å²) in [5.41, 5.74) is 1.23. The van der Waals surface area contributed by atoms with E-state index in [1.807, 2.05) is 17.0 Å². The van der Waals surface area contributed by atoms with E-state index in [0.29, 0.717) is 5.91 Å². The summed E-state index contributed by atoms with van der Waals surface area (Å²) in [4.78, 5) is 19.2. The van der Waals surface area contributed by atoms with Crippen molar-refractivity contribution in [1.29, 1.82) is 0 Å². The van der Waals surface area contributed by atoms with Crippen molar-refractivity contribution in [2.24, 2.45) is 0 Å². The number of rotatable bonds is 4. The summed E-state index contributed by atoms with van der Waals surface area (Å²) in [6.07, 6.45) is 2.31. The topological polar surface area (TPSA) is 36.0 Å². The molecule has 0 unspecified atom stereocenters. The van der Waals surface area contributed by atoms with Gasteiger partial charge >= 0.3 is 0 Å². The highest BCUT2D eigenvalue weighted by molar-refractivity contribution is 5.81. The minimum absolute atomic E-state index is 0.00566. The normalized spacial score (nSPS) is 20.6. The molecule has 1 aromatic carbocycles. The zero-order chi connectivity index (χ0) is 16.2. The molecule has 0 saturated carbocycles. The molecular formula is C18H27N3O2. The molecule has 1 amide bonds. The molecule has 0 N–H and O–H groups in total. The SMILES string of the molecule is COc1ccc(N2CCN([C@@H](C)C(=O)N3CCCC3)CC2)cc1. The van der Waals surface area contributed by atoms with Crippen LogP contribution in [0.15, 0.2) is 24.3 Å². The van der Waals surface area contributed by atoms with E-state index in [2.05, 4.69) is 28.9 Å². The Morgan fingerprint density at radius 3 is 2.17 bits per heavy atom. The molecule has 2 saturated heterocycles. The van der Waals surface area contributed by atoms with Gasteiger partial charge in [-0.1, -0.05) is 0 Å². The first-order valence-electron chi connectivity index (χ1n) is 8.61. The lowest BCUT2D eigenvalue weighted by molar-refractivity contribution is -0.135. The molecular weight excluding hydrogens is 290 g/mol. The summed E-state index contributed by atoms with van der Waals surface area (Å²) in [6.45, 7) is 7.74. The zero-order valence-corrected chi connectivity index (χ0v) is 14.2. The molecule has 0 spiro atoms. The second kappa shape index (κ2) is 7.21. The maximum Gasteiger partial charge on any atom is 0.239 e. The van der Waals surface area contributed by atoms with Gasteiger partial charge in [0.2, 0.25) is 5.91 Å². The first kappa shape index (κ1) is 16.1. The highest BCUT2D eigenvalue weighted by atomic mass is 16.5. The number of anilines is 1. The standard InChI is InChI=1S/C18H27N3O2/c1-15(18(22)21-9-3-4-10-21)19-11-13-20(14-12-19)16-5-7-17(23-2)8-6-16/h5-8,15H,3-4,9-14H2,1-2H3/t15-/m0/s1. The largest absolute Gasteiger partial charge is 0.497 e. The van der Waals surface area contributed by atoms with Gasteiger partial charge in [0, 0.05) is 45.0 Å². The molecule has 2 heterocycles. The zero-order valence-electron chi connectivity index (χ0n) is 14.2. The number of amides is 1. The van der Waals surface area contributed by atoms with Crippen LogP contribution in [0.4, 0.5) is 5.69 Å². The van der Waals surface area contributed by atoms with Gasteiger partial charge in [0.1, 0.15) is 5.75 Å². The Morgan fingerprint density at radius 1 is 1.00 bits per heavy atom. The average Bonchev–Trinajstić information content (AvgIpc) is 3.15. The monoisotopic (exact) mass is 317 g/mol. The van der Waals surface area contributed by atoms with Crippen LogP contribution in [-0.2, 0) is 4.79 Å². The number of piperazine rings is 1. The summed E-state index contributed by atoms with van der Waals surface area (Å²) in [7, 11) is 1.69. The van der Waals surface area contributed by atoms with Crippen LogP contribution in [0.2, 0.25) is 0 Å². The molecule has 2 aliphatic heterocycles. The maximum atomic E-state index is 12.5. The number of carbonyl (C=O) groups excluding carboxylic acids is 1. The molecule has 23 heavy (non-hydrogen) atoms. The Balaban J connectivity index is 1.53. The van der Waals surface area contributed by atoms with Crippen LogP contribution in [-0.4, -0.2) is 68.1 Å². The van der Waals surface area contributed by atoms with Gasteiger partial charge in [-0.15, -0.1) is 0 Å². The Bertz CT molecular complexity index is 518. The summed E-state index contributed by atoms with van der Waals surface area (Å²) in [5, 5.41) is 0. The van der Waals surface area contributed by atoms with Crippen LogP contribution in [0, 0.1) is 0 Å². The smallest absolute Gasteiger partial charge is 0.239 e. The number of benzene rings is 1. The lowest BCUT2D eigenvalue weighted by atomic mass is 10.2. The van der Waals surface area contributed by atoms with Crippen LogP contribution in [0.3, 0.4) is 0 Å². The van der Waals surface area contributed by atoms with Crippen molar-refractivity contribution in [3.05, 3.63) is 24.3 Å². The van der Waals surface area contributed by atoms with E-state index >= 15 is 0 Å². The highest BCUT2D eigenvalue weighted by Crippen LogP contribution is 2.21. The van der Waals surface area contributed by atoms with E-state index in [0.717, 1.165) is 57.9 Å². The maximum absolute atomic E-state index is 12.5. The Kier molecular flexibility index (Phi) is 5.06. The minimum atomic E-state index is 0.00566. The molecule has 0 aromatic heterocycles. The van der Waals surface area contributed by atoms with E-state index in [4.69, 9.17) is 4.74 Å². The van der Waals surface area contributed by atoms with Gasteiger partial charge in [-0.2, -0.15) is 0 Å². The number of ether oxygens (including phenoxy) is 1. The number of hydrogen-bond donors (Lipinski definition) is 0. The van der Waals surface area contributed by atoms with Crippen molar-refractivity contribution in [2.75, 3.05) is 51.3 Å². The molecule has 0 radical (unpaired) electrons. The first-order chi connectivity index (χ1) is 11.2. The van der Waals surface area contributed by atoms with Crippen LogP contribution < -0.4 is 9.64 Å². The number of carbonyl (C=O) groups is 1. The quantitative estimate of drug-likeness (QED) is 0.849. The summed E-state index contributed by atoms with van der Waals surface area (Å²) in [5.74, 6) is 1.19. The molecule has 126 valence electrons. The van der Waals surface area contributed by atoms with E-state index in [9.17, 15) is 4.79 Å². The lowest BCUT2D eigenvalue weighted by Crippen LogP contribution is -2.54. The molecule has 0 aliphatic carbocycles. The van der Waals surface area contributed by atoms with Gasteiger partial charge in [-0.25, -0.2) is 0 Å². The van der Waals surface area contributed by atoms with Gasteiger partial charge in [-0.3, -0.25) is 9.69 Å². The van der Waals surface area contributed by atoms with Crippen molar-refractivity contribution >= 4 is 11.6 Å². The molecule has 5 nitrogen and oxygen atoms in total. The van der Waals surface area contributed by atoms with Gasteiger partial charge in [0.15, 0.2) is 0 Å². The highest BCUT2D eigenvalue weighted by Gasteiger charge is 2.29. The van der Waals surface area contributed by atoms with Gasteiger partial charge in [0.05, 0.1) is 13.2 Å². The summed E-state index contributed by atoms with van der Waals surface area (Å²) in [6, 6.07) is 8.22. The van der Waals surface area contributed by atoms with Crippen molar-refractivity contribution < 1.29 is 9.53 Å². The van der Waals surface area contributed by atoms with Crippen LogP contribution in [0.5, 0.6) is 5.75 Å². The lowest BCUT2D eigenvalue weighted by Gasteiger charge is -2.39. The minimum Gasteiger partial charge on any atom is -0.497 e. The molecule has 2 fully saturated rings. The molecule has 2 aliphatic rings. The van der Waals surface area contributed by atoms with Gasteiger partial charge in [0.25, 0.3) is 0 Å². The summed E-state index contributed by atoms with van der Waals surface area (Å²) >= 11 is 0. The van der Waals surface area contributed by atoms with Crippen molar-refractivity contribution in [1.82, 2.24) is 9.80 Å². The molecule has 0 bridgehead atoms. The van der Waals surface area contributed by atoms with Crippen LogP contribution in [0.25, 0.3) is 0 Å². The Labute approximate surface area is 138 Å². The van der Waals surface area contributed by atoms with Crippen LogP contribution in [0.1, 0.15) is 19.8 Å². The third-order valence-electron chi connectivity index (χ3n) is 5.07. The molecule has 1 atom stereocenters. The molecule has 1 aromatic rings. The third-order valence-corrected chi connectivity index (χ3v) is 5.07. The first-order valence-corrected chi connectivity index (χ1v) is 8.61. The fraction of sp³-hybridized carbons (Fsp3) is 0.611. The van der Waals surface area contributed by atoms with E-state index < -0.39 is 0 Å². The Hall–Kier alpha value is -1.75. The van der Waals surface area contributed by atoms with Crippen molar-refractivity contribution in [3.8, 4) is 5.75 Å². The number of nitrogens with zero attached hydrogens (tertiary/aromatic N) is 3. The van der Waals surface area contributed by atoms with Crippen molar-refractivity contribution in [3.63, 3.8) is 0 Å². The summed E-state index contributed by atoms with van der Waals surface area (Å²) < 4.78 is 5.21. The average molecular weight is 317 g/mol. The number of methoxy groups -OCH3 is 1. The predicted molar refractivity (Wildman–Crippen MR) is 92.1 cm³/mol. The third kappa shape index (κ3) is 3.61. The van der Waals surface area contributed by atoms with E-state index in [1.165, 1.54) is 5.69 Å². The van der Waals surface area contributed by atoms with Gasteiger partial charge in [-0.05, 0) is 44.0 Å². The Morgan fingerprint density at radius 2 is 1.61 bits per heavy atom. The molecule has 5 heteroatoms. The number of likely N-dealkylation sites (tertiary alicyclic amines) is 1. The fourth-order valence-electron chi connectivity index (χ4n) is 3.52. The molecule has 3 rings (SSSR count). The fourth-order valence-corrected chi connectivity index (χ4v) is 3.52. The second-order valence-electron chi connectivity index (χ2n) is 6.43. The number of hydrogen-bond acceptors (Lipinski definition) is 4. The van der Waals surface area contributed by atoms with Gasteiger partial charge < -0.3 is 14.5 Å². The van der Waals surface area contributed by atoms with Crippen molar-refractivity contribution in [2.45, 2.75) is 25.8 Å². The van der Waals surface area contributed by atoms with E-state index in [1.54, 1.807) is 7.11 Å². The predicted octanol–water partition coefficient (Wildman–Crippen LogP) is 1.83.